The van der Waals surface area contributed by atoms with Crippen LogP contribution in [0.25, 0.3) is 5.69 Å². The van der Waals surface area contributed by atoms with Gasteiger partial charge in [-0.05, 0) is 46.3 Å². The summed E-state index contributed by atoms with van der Waals surface area (Å²) in [6, 6.07) is 14.5. The maximum atomic E-state index is 12.3. The van der Waals surface area contributed by atoms with Gasteiger partial charge < -0.3 is 5.32 Å². The van der Waals surface area contributed by atoms with Crippen LogP contribution < -0.4 is 5.32 Å². The second-order valence-corrected chi connectivity index (χ2v) is 5.08. The van der Waals surface area contributed by atoms with Gasteiger partial charge in [0, 0.05) is 12.4 Å². The number of halogens is 1. The van der Waals surface area contributed by atoms with E-state index in [2.05, 4.69) is 31.3 Å². The molecule has 0 saturated carbocycles. The van der Waals surface area contributed by atoms with Crippen LogP contribution in [0, 0.1) is 0 Å². The maximum Gasteiger partial charge on any atom is 0.274 e. The van der Waals surface area contributed by atoms with Crippen molar-refractivity contribution < 1.29 is 4.79 Å². The number of hydrogen-bond acceptors (Lipinski definition) is 3. The molecule has 0 atom stereocenters. The fourth-order valence-corrected chi connectivity index (χ4v) is 2.26. The molecule has 6 heteroatoms. The smallest absolute Gasteiger partial charge is 0.274 e. The van der Waals surface area contributed by atoms with E-state index in [9.17, 15) is 4.79 Å². The zero-order chi connectivity index (χ0) is 14.7. The normalized spacial score (nSPS) is 10.3. The Kier molecular flexibility index (Phi) is 3.79. The minimum absolute atomic E-state index is 0.268. The summed E-state index contributed by atoms with van der Waals surface area (Å²) in [6.45, 7) is 0. The lowest BCUT2D eigenvalue weighted by molar-refractivity contribution is 0.102. The average Bonchev–Trinajstić information content (AvgIpc) is 3.02. The highest BCUT2D eigenvalue weighted by Gasteiger charge is 2.11. The van der Waals surface area contributed by atoms with Gasteiger partial charge in [-0.1, -0.05) is 18.2 Å². The summed E-state index contributed by atoms with van der Waals surface area (Å²) in [4.78, 5) is 16.4. The number of carbonyl (C=O) groups excluding carboxylic acids is 1. The Morgan fingerprint density at radius 3 is 2.71 bits per heavy atom. The van der Waals surface area contributed by atoms with Gasteiger partial charge in [0.05, 0.1) is 11.4 Å². The SMILES string of the molecule is O=C(Nc1ccccc1-n1cccn1)c1cccc(Br)n1. The molecule has 3 aromatic rings. The fraction of sp³-hybridized carbons (Fsp3) is 0. The Labute approximate surface area is 129 Å². The molecule has 0 fully saturated rings. The van der Waals surface area contributed by atoms with Gasteiger partial charge in [0.1, 0.15) is 10.3 Å². The number of rotatable bonds is 3. The van der Waals surface area contributed by atoms with Crippen molar-refractivity contribution in [3.63, 3.8) is 0 Å². The Hall–Kier alpha value is -2.47. The number of nitrogens with one attached hydrogen (secondary N) is 1. The lowest BCUT2D eigenvalue weighted by atomic mass is 10.2. The highest BCUT2D eigenvalue weighted by molar-refractivity contribution is 9.10. The van der Waals surface area contributed by atoms with Crippen molar-refractivity contribution in [3.8, 4) is 5.69 Å². The second-order valence-electron chi connectivity index (χ2n) is 4.27. The molecule has 3 rings (SSSR count). The Morgan fingerprint density at radius 1 is 1.10 bits per heavy atom. The van der Waals surface area contributed by atoms with Crippen LogP contribution in [0.15, 0.2) is 65.5 Å². The van der Waals surface area contributed by atoms with Crippen LogP contribution >= 0.6 is 15.9 Å². The third-order valence-electron chi connectivity index (χ3n) is 2.85. The number of anilines is 1. The van der Waals surface area contributed by atoms with Gasteiger partial charge in [-0.25, -0.2) is 9.67 Å². The van der Waals surface area contributed by atoms with E-state index >= 15 is 0 Å². The molecule has 2 heterocycles. The Morgan fingerprint density at radius 2 is 1.95 bits per heavy atom. The summed E-state index contributed by atoms with van der Waals surface area (Å²) in [6.07, 6.45) is 3.51. The van der Waals surface area contributed by atoms with Crippen LogP contribution in [-0.2, 0) is 0 Å². The van der Waals surface area contributed by atoms with E-state index in [0.29, 0.717) is 16.0 Å². The van der Waals surface area contributed by atoms with Crippen molar-refractivity contribution in [1.29, 1.82) is 0 Å². The number of carbonyl (C=O) groups is 1. The number of benzene rings is 1. The van der Waals surface area contributed by atoms with E-state index in [1.54, 1.807) is 29.1 Å². The first-order chi connectivity index (χ1) is 10.2. The van der Waals surface area contributed by atoms with Crippen molar-refractivity contribution in [3.05, 3.63) is 71.2 Å². The summed E-state index contributed by atoms with van der Waals surface area (Å²) < 4.78 is 2.32. The zero-order valence-corrected chi connectivity index (χ0v) is 12.5. The molecular weight excluding hydrogens is 332 g/mol. The number of pyridine rings is 1. The number of para-hydroxylation sites is 2. The van der Waals surface area contributed by atoms with Gasteiger partial charge in [-0.15, -0.1) is 0 Å². The quantitative estimate of drug-likeness (QED) is 0.743. The summed E-state index contributed by atoms with van der Waals surface area (Å²) in [5, 5.41) is 7.04. The summed E-state index contributed by atoms with van der Waals surface area (Å²) >= 11 is 3.26. The van der Waals surface area contributed by atoms with Crippen LogP contribution in [0.3, 0.4) is 0 Å². The summed E-state index contributed by atoms with van der Waals surface area (Å²) in [7, 11) is 0. The average molecular weight is 343 g/mol. The fourth-order valence-electron chi connectivity index (χ4n) is 1.91. The molecule has 0 radical (unpaired) electrons. The zero-order valence-electron chi connectivity index (χ0n) is 10.9. The van der Waals surface area contributed by atoms with E-state index < -0.39 is 0 Å². The van der Waals surface area contributed by atoms with Gasteiger partial charge >= 0.3 is 0 Å². The highest BCUT2D eigenvalue weighted by Crippen LogP contribution is 2.19. The van der Waals surface area contributed by atoms with Crippen molar-refractivity contribution >= 4 is 27.5 Å². The largest absolute Gasteiger partial charge is 0.319 e. The van der Waals surface area contributed by atoms with Crippen LogP contribution in [0.5, 0.6) is 0 Å². The van der Waals surface area contributed by atoms with Crippen LogP contribution in [0.1, 0.15) is 10.5 Å². The van der Waals surface area contributed by atoms with Crippen molar-refractivity contribution in [2.24, 2.45) is 0 Å². The lowest BCUT2D eigenvalue weighted by Crippen LogP contribution is -2.15. The molecule has 0 bridgehead atoms. The molecule has 0 unspecified atom stereocenters. The van der Waals surface area contributed by atoms with E-state index in [-0.39, 0.29) is 5.91 Å². The van der Waals surface area contributed by atoms with Crippen LogP contribution in [0.4, 0.5) is 5.69 Å². The number of nitrogens with zero attached hydrogens (tertiary/aromatic N) is 3. The van der Waals surface area contributed by atoms with Crippen molar-refractivity contribution in [2.45, 2.75) is 0 Å². The lowest BCUT2D eigenvalue weighted by Gasteiger charge is -2.10. The minimum Gasteiger partial charge on any atom is -0.319 e. The highest BCUT2D eigenvalue weighted by atomic mass is 79.9. The van der Waals surface area contributed by atoms with Crippen LogP contribution in [-0.4, -0.2) is 20.7 Å². The minimum atomic E-state index is -0.268. The molecule has 0 aliphatic rings. The van der Waals surface area contributed by atoms with E-state index in [0.717, 1.165) is 5.69 Å². The van der Waals surface area contributed by atoms with E-state index in [1.807, 2.05) is 36.5 Å². The van der Waals surface area contributed by atoms with Crippen LogP contribution in [0.2, 0.25) is 0 Å². The molecule has 1 N–H and O–H groups in total. The van der Waals surface area contributed by atoms with Gasteiger partial charge in [-0.3, -0.25) is 4.79 Å². The first kappa shape index (κ1) is 13.5. The standard InChI is InChI=1S/C15H11BrN4O/c16-14-8-3-6-12(18-14)15(21)19-11-5-1-2-7-13(11)20-10-4-9-17-20/h1-10H,(H,19,21). The number of hydrogen-bond donors (Lipinski definition) is 1. The first-order valence-electron chi connectivity index (χ1n) is 6.27. The van der Waals surface area contributed by atoms with Gasteiger partial charge in [-0.2, -0.15) is 5.10 Å². The molecule has 0 spiro atoms. The molecule has 21 heavy (non-hydrogen) atoms. The molecule has 5 nitrogen and oxygen atoms in total. The predicted molar refractivity (Wildman–Crippen MR) is 83.5 cm³/mol. The molecule has 104 valence electrons. The number of aromatic nitrogens is 3. The molecule has 0 aliphatic carbocycles. The van der Waals surface area contributed by atoms with E-state index in [4.69, 9.17) is 0 Å². The monoisotopic (exact) mass is 342 g/mol. The first-order valence-corrected chi connectivity index (χ1v) is 7.06. The number of amides is 1. The molecule has 1 amide bonds. The molecule has 2 aromatic heterocycles. The van der Waals surface area contributed by atoms with Crippen molar-refractivity contribution in [2.75, 3.05) is 5.32 Å². The van der Waals surface area contributed by atoms with Gasteiger partial charge in [0.2, 0.25) is 0 Å². The maximum absolute atomic E-state index is 12.3. The molecule has 0 aliphatic heterocycles. The molecule has 0 saturated heterocycles. The molecule has 1 aromatic carbocycles. The predicted octanol–water partition coefficient (Wildman–Crippen LogP) is 3.28. The van der Waals surface area contributed by atoms with Gasteiger partial charge in [0.25, 0.3) is 5.91 Å². The summed E-state index contributed by atoms with van der Waals surface area (Å²) in [5.74, 6) is -0.268. The van der Waals surface area contributed by atoms with E-state index in [1.165, 1.54) is 0 Å². The van der Waals surface area contributed by atoms with Gasteiger partial charge in [0.15, 0.2) is 0 Å². The van der Waals surface area contributed by atoms with Crippen molar-refractivity contribution in [1.82, 2.24) is 14.8 Å². The third-order valence-corrected chi connectivity index (χ3v) is 3.29. The molecular formula is C15H11BrN4O. The Bertz CT molecular complexity index is 771. The Balaban J connectivity index is 1.90. The third kappa shape index (κ3) is 3.00. The topological polar surface area (TPSA) is 59.8 Å². The summed E-state index contributed by atoms with van der Waals surface area (Å²) in [5.41, 5.74) is 1.82. The second kappa shape index (κ2) is 5.88.